The highest BCUT2D eigenvalue weighted by molar-refractivity contribution is 5.78. The van der Waals surface area contributed by atoms with Crippen LogP contribution in [0.5, 0.6) is 5.75 Å². The number of ether oxygens (including phenoxy) is 1. The number of carbonyl (C=O) groups is 1. The number of nitrogens with zero attached hydrogens (tertiary/aromatic N) is 2. The van der Waals surface area contributed by atoms with E-state index in [1.807, 2.05) is 49.7 Å². The second-order valence-corrected chi connectivity index (χ2v) is 5.50. The molecule has 0 fully saturated rings. The van der Waals surface area contributed by atoms with Crippen molar-refractivity contribution >= 4 is 5.91 Å². The molecular formula is C17H24N4O2. The Hall–Kier alpha value is -2.34. The first-order valence-electron chi connectivity index (χ1n) is 7.68. The van der Waals surface area contributed by atoms with E-state index in [0.717, 1.165) is 28.5 Å². The molecule has 1 heterocycles. The lowest BCUT2D eigenvalue weighted by molar-refractivity contribution is -0.120. The van der Waals surface area contributed by atoms with Gasteiger partial charge in [0.1, 0.15) is 18.2 Å². The number of carbonyl (C=O) groups excluding carboxylic acids is 1. The molecule has 3 N–H and O–H groups in total. The zero-order chi connectivity index (χ0) is 16.8. The van der Waals surface area contributed by atoms with E-state index < -0.39 is 0 Å². The second-order valence-electron chi connectivity index (χ2n) is 5.50. The minimum atomic E-state index is -0.0423. The third-order valence-corrected chi connectivity index (χ3v) is 3.80. The standard InChI is InChI=1S/C17H24N4O2/c1-12-13(2)21(3)16(20-12)11-19-17(22)10-14-5-4-6-15(9-14)23-8-7-18/h4-6,9H,7-8,10-11,18H2,1-3H3,(H,19,22). The van der Waals surface area contributed by atoms with Crippen molar-refractivity contribution in [1.29, 1.82) is 0 Å². The number of aryl methyl sites for hydroxylation is 1. The van der Waals surface area contributed by atoms with E-state index in [0.29, 0.717) is 26.1 Å². The molecule has 6 heteroatoms. The Morgan fingerprint density at radius 2 is 2.17 bits per heavy atom. The van der Waals surface area contributed by atoms with E-state index >= 15 is 0 Å². The van der Waals surface area contributed by atoms with Crippen molar-refractivity contribution in [2.24, 2.45) is 12.8 Å². The van der Waals surface area contributed by atoms with Crippen LogP contribution in [0.3, 0.4) is 0 Å². The van der Waals surface area contributed by atoms with Crippen LogP contribution in [0, 0.1) is 13.8 Å². The zero-order valence-corrected chi connectivity index (χ0v) is 13.9. The summed E-state index contributed by atoms with van der Waals surface area (Å²) in [5.41, 5.74) is 8.42. The third kappa shape index (κ3) is 4.56. The van der Waals surface area contributed by atoms with Gasteiger partial charge in [0.05, 0.1) is 18.7 Å². The van der Waals surface area contributed by atoms with Gasteiger partial charge in [-0.15, -0.1) is 0 Å². The lowest BCUT2D eigenvalue weighted by Gasteiger charge is -2.08. The van der Waals surface area contributed by atoms with Crippen LogP contribution < -0.4 is 15.8 Å². The number of benzene rings is 1. The number of amides is 1. The molecule has 2 aromatic rings. The van der Waals surface area contributed by atoms with E-state index in [9.17, 15) is 4.79 Å². The topological polar surface area (TPSA) is 82.2 Å². The number of hydrogen-bond acceptors (Lipinski definition) is 4. The molecule has 6 nitrogen and oxygen atoms in total. The quantitative estimate of drug-likeness (QED) is 0.805. The summed E-state index contributed by atoms with van der Waals surface area (Å²) < 4.78 is 7.47. The number of rotatable bonds is 7. The van der Waals surface area contributed by atoms with Crippen molar-refractivity contribution < 1.29 is 9.53 Å². The van der Waals surface area contributed by atoms with Gasteiger partial charge in [-0.1, -0.05) is 12.1 Å². The maximum atomic E-state index is 12.1. The summed E-state index contributed by atoms with van der Waals surface area (Å²) in [6.45, 7) is 5.34. The van der Waals surface area contributed by atoms with Gasteiger partial charge in [0.25, 0.3) is 0 Å². The molecule has 0 unspecified atom stereocenters. The fourth-order valence-electron chi connectivity index (χ4n) is 2.29. The van der Waals surface area contributed by atoms with E-state index in [4.69, 9.17) is 10.5 Å². The predicted octanol–water partition coefficient (Wildman–Crippen LogP) is 1.23. The summed E-state index contributed by atoms with van der Waals surface area (Å²) in [5, 5.41) is 2.91. The molecule has 0 aliphatic rings. The van der Waals surface area contributed by atoms with Gasteiger partial charge in [0.2, 0.25) is 5.91 Å². The number of nitrogens with one attached hydrogen (secondary N) is 1. The average molecular weight is 316 g/mol. The summed E-state index contributed by atoms with van der Waals surface area (Å²) >= 11 is 0. The fourth-order valence-corrected chi connectivity index (χ4v) is 2.29. The van der Waals surface area contributed by atoms with Crippen LogP contribution in [0.2, 0.25) is 0 Å². The van der Waals surface area contributed by atoms with E-state index in [1.54, 1.807) is 0 Å². The number of imidazole rings is 1. The lowest BCUT2D eigenvalue weighted by Crippen LogP contribution is -2.26. The summed E-state index contributed by atoms with van der Waals surface area (Å²) in [6.07, 6.45) is 0.308. The molecule has 124 valence electrons. The van der Waals surface area contributed by atoms with Crippen molar-refractivity contribution in [3.63, 3.8) is 0 Å². The largest absolute Gasteiger partial charge is 0.492 e. The highest BCUT2D eigenvalue weighted by atomic mass is 16.5. The fraction of sp³-hybridized carbons (Fsp3) is 0.412. The summed E-state index contributed by atoms with van der Waals surface area (Å²) in [5.74, 6) is 1.55. The van der Waals surface area contributed by atoms with Crippen LogP contribution >= 0.6 is 0 Å². The van der Waals surface area contributed by atoms with Gasteiger partial charge in [0.15, 0.2) is 0 Å². The zero-order valence-electron chi connectivity index (χ0n) is 13.9. The Balaban J connectivity index is 1.90. The molecule has 0 saturated carbocycles. The smallest absolute Gasteiger partial charge is 0.224 e. The van der Waals surface area contributed by atoms with E-state index in [2.05, 4.69) is 10.3 Å². The van der Waals surface area contributed by atoms with E-state index in [1.165, 1.54) is 0 Å². The molecule has 0 saturated heterocycles. The Labute approximate surface area is 136 Å². The normalized spacial score (nSPS) is 10.6. The Kier molecular flexibility index (Phi) is 5.76. The van der Waals surface area contributed by atoms with Crippen LogP contribution in [0.25, 0.3) is 0 Å². The predicted molar refractivity (Wildman–Crippen MR) is 89.2 cm³/mol. The SMILES string of the molecule is Cc1nc(CNC(=O)Cc2cccc(OCCN)c2)n(C)c1C. The molecule has 2 rings (SSSR count). The minimum absolute atomic E-state index is 0.0423. The van der Waals surface area contributed by atoms with Gasteiger partial charge in [-0.05, 0) is 31.5 Å². The van der Waals surface area contributed by atoms with Gasteiger partial charge in [-0.2, -0.15) is 0 Å². The lowest BCUT2D eigenvalue weighted by atomic mass is 10.1. The third-order valence-electron chi connectivity index (χ3n) is 3.80. The number of aromatic nitrogens is 2. The molecule has 1 aromatic heterocycles. The van der Waals surface area contributed by atoms with Crippen molar-refractivity contribution in [3.05, 3.63) is 47.0 Å². The van der Waals surface area contributed by atoms with Gasteiger partial charge in [-0.25, -0.2) is 4.98 Å². The van der Waals surface area contributed by atoms with Gasteiger partial charge >= 0.3 is 0 Å². The first kappa shape index (κ1) is 17.0. The average Bonchev–Trinajstić information content (AvgIpc) is 2.78. The maximum absolute atomic E-state index is 12.1. The molecule has 1 amide bonds. The summed E-state index contributed by atoms with van der Waals surface area (Å²) in [4.78, 5) is 16.6. The van der Waals surface area contributed by atoms with Gasteiger partial charge < -0.3 is 20.4 Å². The maximum Gasteiger partial charge on any atom is 0.224 e. The second kappa shape index (κ2) is 7.78. The number of hydrogen-bond donors (Lipinski definition) is 2. The highest BCUT2D eigenvalue weighted by Crippen LogP contribution is 2.14. The molecule has 1 aromatic carbocycles. The van der Waals surface area contributed by atoms with Crippen molar-refractivity contribution in [1.82, 2.24) is 14.9 Å². The molecule has 23 heavy (non-hydrogen) atoms. The monoisotopic (exact) mass is 316 g/mol. The highest BCUT2D eigenvalue weighted by Gasteiger charge is 2.10. The Morgan fingerprint density at radius 3 is 2.83 bits per heavy atom. The Bertz CT molecular complexity index is 679. The molecule has 0 spiro atoms. The first-order chi connectivity index (χ1) is 11.0. The Morgan fingerprint density at radius 1 is 1.39 bits per heavy atom. The summed E-state index contributed by atoms with van der Waals surface area (Å²) in [6, 6.07) is 7.50. The van der Waals surface area contributed by atoms with Gasteiger partial charge in [-0.3, -0.25) is 4.79 Å². The number of nitrogens with two attached hydrogens (primary N) is 1. The minimum Gasteiger partial charge on any atom is -0.492 e. The van der Waals surface area contributed by atoms with Crippen LogP contribution in [0.15, 0.2) is 24.3 Å². The summed E-state index contributed by atoms with van der Waals surface area (Å²) in [7, 11) is 1.95. The molecule has 0 aliphatic heterocycles. The van der Waals surface area contributed by atoms with Gasteiger partial charge in [0, 0.05) is 19.3 Å². The van der Waals surface area contributed by atoms with Crippen molar-refractivity contribution in [3.8, 4) is 5.75 Å². The molecular weight excluding hydrogens is 292 g/mol. The van der Waals surface area contributed by atoms with Crippen LogP contribution in [0.4, 0.5) is 0 Å². The molecule has 0 bridgehead atoms. The molecule has 0 aliphatic carbocycles. The first-order valence-corrected chi connectivity index (χ1v) is 7.68. The van der Waals surface area contributed by atoms with E-state index in [-0.39, 0.29) is 5.91 Å². The van der Waals surface area contributed by atoms with Crippen molar-refractivity contribution in [2.75, 3.05) is 13.2 Å². The van der Waals surface area contributed by atoms with Crippen molar-refractivity contribution in [2.45, 2.75) is 26.8 Å². The van der Waals surface area contributed by atoms with Crippen LogP contribution in [-0.2, 0) is 24.8 Å². The van der Waals surface area contributed by atoms with Crippen LogP contribution in [-0.4, -0.2) is 28.6 Å². The molecule has 0 radical (unpaired) electrons. The molecule has 0 atom stereocenters. The van der Waals surface area contributed by atoms with Crippen LogP contribution in [0.1, 0.15) is 22.8 Å².